The molecule has 0 atom stereocenters. The maximum absolute atomic E-state index is 3.84. The summed E-state index contributed by atoms with van der Waals surface area (Å²) in [5, 5.41) is 4.81. The van der Waals surface area contributed by atoms with E-state index in [1.165, 1.54) is 43.8 Å². The fourth-order valence-electron chi connectivity index (χ4n) is 7.35. The number of fused-ring (bicyclic) bond motifs is 8. The molecule has 0 aliphatic carbocycles. The first-order valence-corrected chi connectivity index (χ1v) is 17.2. The van der Waals surface area contributed by atoms with Crippen LogP contribution in [0.4, 0.5) is 17.1 Å². The van der Waals surface area contributed by atoms with Crippen molar-refractivity contribution in [2.75, 3.05) is 16.8 Å². The number of para-hydroxylation sites is 5. The van der Waals surface area contributed by atoms with Gasteiger partial charge < -0.3 is 18.9 Å². The zero-order chi connectivity index (χ0) is 32.5. The minimum atomic E-state index is 0. The van der Waals surface area contributed by atoms with Crippen LogP contribution in [-0.2, 0) is 20.4 Å². The van der Waals surface area contributed by atoms with E-state index < -0.39 is 0 Å². The second-order valence-electron chi connectivity index (χ2n) is 12.3. The Balaban J connectivity index is 0.00000336. The molecule has 50 heavy (non-hydrogen) atoms. The number of hydrogen-bond acceptors (Lipinski definition) is 3. The van der Waals surface area contributed by atoms with E-state index in [2.05, 4.69) is 184 Å². The Morgan fingerprint density at radius 1 is 0.560 bits per heavy atom. The van der Waals surface area contributed by atoms with Gasteiger partial charge in [0.25, 0.3) is 0 Å². The largest absolute Gasteiger partial charge is 0.504 e. The Morgan fingerprint density at radius 2 is 1.30 bits per heavy atom. The molecule has 1 aliphatic rings. The third-order valence-corrected chi connectivity index (χ3v) is 10.4. The van der Waals surface area contributed by atoms with Gasteiger partial charge in [-0.2, -0.15) is 55.2 Å². The minimum Gasteiger partial charge on any atom is -0.504 e. The molecule has 0 amide bonds. The Hall–Kier alpha value is -5.25. The number of anilines is 3. The van der Waals surface area contributed by atoms with Gasteiger partial charge in [0.2, 0.25) is 0 Å². The van der Waals surface area contributed by atoms with Crippen molar-refractivity contribution in [3.8, 4) is 11.4 Å². The monoisotopic (exact) mass is 750 g/mol. The average Bonchev–Trinajstić information content (AvgIpc) is 3.79. The van der Waals surface area contributed by atoms with Gasteiger partial charge in [-0.15, -0.1) is 56.9 Å². The van der Waals surface area contributed by atoms with Gasteiger partial charge in [0.15, 0.2) is 0 Å². The van der Waals surface area contributed by atoms with Crippen molar-refractivity contribution in [2.24, 2.45) is 0 Å². The van der Waals surface area contributed by atoms with E-state index in [-0.39, 0.29) is 20.4 Å². The predicted octanol–water partition coefficient (Wildman–Crippen LogP) is 11.1. The maximum Gasteiger partial charge on any atom is 0.0561 e. The van der Waals surface area contributed by atoms with Crippen LogP contribution in [-0.4, -0.2) is 16.2 Å². The van der Waals surface area contributed by atoms with E-state index in [1.807, 2.05) is 12.1 Å². The van der Waals surface area contributed by atoms with E-state index in [9.17, 15) is 0 Å². The van der Waals surface area contributed by atoms with Crippen molar-refractivity contribution >= 4 is 72.4 Å². The van der Waals surface area contributed by atoms with Crippen molar-refractivity contribution in [3.63, 3.8) is 0 Å². The third kappa shape index (κ3) is 4.79. The molecule has 0 unspecified atom stereocenters. The molecule has 3 heterocycles. The first-order valence-electron chi connectivity index (χ1n) is 16.3. The molecule has 0 bridgehead atoms. The smallest absolute Gasteiger partial charge is 0.0561 e. The summed E-state index contributed by atoms with van der Waals surface area (Å²) in [6.45, 7) is 2.12. The van der Waals surface area contributed by atoms with Gasteiger partial charge >= 0.3 is 0 Å². The fourth-order valence-corrected chi connectivity index (χ4v) is 8.17. The molecule has 0 radical (unpaired) electrons. The normalized spacial score (nSPS) is 12.7. The van der Waals surface area contributed by atoms with Crippen LogP contribution in [0, 0.1) is 24.9 Å². The van der Waals surface area contributed by atoms with Gasteiger partial charge in [0.1, 0.15) is 0 Å². The molecular formula is C44H28N4PdS-4. The third-order valence-electron chi connectivity index (χ3n) is 9.44. The van der Waals surface area contributed by atoms with Gasteiger partial charge in [0.05, 0.1) is 11.0 Å². The van der Waals surface area contributed by atoms with E-state index in [1.54, 1.807) is 11.8 Å². The van der Waals surface area contributed by atoms with E-state index >= 15 is 0 Å². The van der Waals surface area contributed by atoms with Crippen LogP contribution in [0.15, 0.2) is 155 Å². The Bertz CT molecular complexity index is 2700. The van der Waals surface area contributed by atoms with Gasteiger partial charge in [-0.25, -0.2) is 0 Å². The first kappa shape index (κ1) is 30.8. The molecule has 4 nitrogen and oxygen atoms in total. The zero-order valence-electron chi connectivity index (χ0n) is 26.9. The number of hydrogen-bond donors (Lipinski definition) is 0. The van der Waals surface area contributed by atoms with Crippen LogP contribution < -0.4 is 9.80 Å². The van der Waals surface area contributed by atoms with Gasteiger partial charge in [-0.1, -0.05) is 65.8 Å². The van der Waals surface area contributed by atoms with E-state index in [0.29, 0.717) is 0 Å². The summed E-state index contributed by atoms with van der Waals surface area (Å²) in [6.07, 6.45) is 0. The molecule has 0 fully saturated rings. The van der Waals surface area contributed by atoms with E-state index in [4.69, 9.17) is 0 Å². The molecular weight excluding hydrogens is 723 g/mol. The van der Waals surface area contributed by atoms with Crippen molar-refractivity contribution < 1.29 is 20.4 Å². The molecule has 6 heteroatoms. The molecule has 2 aromatic heterocycles. The second kappa shape index (κ2) is 12.3. The number of nitrogens with zero attached hydrogens (tertiary/aromatic N) is 4. The van der Waals surface area contributed by atoms with Gasteiger partial charge in [-0.05, 0) is 48.8 Å². The summed E-state index contributed by atoms with van der Waals surface area (Å²) in [5.41, 5.74) is 10.0. The summed E-state index contributed by atoms with van der Waals surface area (Å²) in [7, 11) is 2.08. The average molecular weight is 751 g/mol. The number of aromatic nitrogens is 2. The van der Waals surface area contributed by atoms with Crippen molar-refractivity contribution in [3.05, 3.63) is 170 Å². The van der Waals surface area contributed by atoms with Crippen LogP contribution in [0.3, 0.4) is 0 Å². The molecule has 0 saturated heterocycles. The quantitative estimate of drug-likeness (QED) is 0.129. The van der Waals surface area contributed by atoms with Crippen LogP contribution in [0.1, 0.15) is 0 Å². The summed E-state index contributed by atoms with van der Waals surface area (Å²) >= 11 is 1.69. The number of benzene rings is 7. The molecule has 7 aromatic carbocycles. The first-order chi connectivity index (χ1) is 24.2. The maximum atomic E-state index is 3.84. The molecule has 0 spiro atoms. The number of rotatable bonds is 5. The summed E-state index contributed by atoms with van der Waals surface area (Å²) in [5.74, 6) is 0. The van der Waals surface area contributed by atoms with Gasteiger partial charge in [0, 0.05) is 53.8 Å². The molecule has 244 valence electrons. The SMILES string of the molecule is CN1[CH-]N(c2[c-]c(Sc3[c-]c4c(cc3)c3ccc5c(c6ccccc6n5-c5ccccc5)c3n4-c3[c-]cccc3)ccc2)c2ccccc21.[Pd]. The molecule has 1 aliphatic heterocycles. The molecule has 0 saturated carbocycles. The van der Waals surface area contributed by atoms with E-state index in [0.717, 1.165) is 38.1 Å². The zero-order valence-corrected chi connectivity index (χ0v) is 29.3. The van der Waals surface area contributed by atoms with Crippen LogP contribution in [0.2, 0.25) is 0 Å². The van der Waals surface area contributed by atoms with Crippen LogP contribution in [0.25, 0.3) is 55.0 Å². The van der Waals surface area contributed by atoms with Crippen LogP contribution >= 0.6 is 11.8 Å². The Morgan fingerprint density at radius 3 is 2.16 bits per heavy atom. The molecule has 10 rings (SSSR count). The standard InChI is InChI=1S/C44H28N4S.Pd/c1-45-29-46(40-22-11-10-21-39(40)45)32-17-12-18-33(27-32)49-34-23-24-35-36-25-26-41-43(44(36)48(42(35)28-34)31-15-6-3-7-16-31)37-19-8-9-20-38(37)47(41)30-13-4-2-5-14-30;/h2-15,17-26,29H,1H3;/q-4;. The topological polar surface area (TPSA) is 16.3 Å². The van der Waals surface area contributed by atoms with Crippen molar-refractivity contribution in [1.82, 2.24) is 9.13 Å². The fraction of sp³-hybridized carbons (Fsp3) is 0.0227. The minimum absolute atomic E-state index is 0. The second-order valence-corrected chi connectivity index (χ2v) is 13.4. The predicted molar refractivity (Wildman–Crippen MR) is 203 cm³/mol. The molecule has 0 N–H and O–H groups in total. The molecule has 9 aromatic rings. The Kier molecular flexibility index (Phi) is 7.55. The van der Waals surface area contributed by atoms with Gasteiger partial charge in [-0.3, -0.25) is 0 Å². The summed E-state index contributed by atoms with van der Waals surface area (Å²) in [6, 6.07) is 62.4. The van der Waals surface area contributed by atoms with Crippen LogP contribution in [0.5, 0.6) is 0 Å². The van der Waals surface area contributed by atoms with Crippen molar-refractivity contribution in [1.29, 1.82) is 0 Å². The Labute approximate surface area is 308 Å². The summed E-state index contributed by atoms with van der Waals surface area (Å²) < 4.78 is 4.73. The summed E-state index contributed by atoms with van der Waals surface area (Å²) in [4.78, 5) is 6.42. The van der Waals surface area contributed by atoms with Crippen molar-refractivity contribution in [2.45, 2.75) is 9.79 Å².